The van der Waals surface area contributed by atoms with Crippen LogP contribution in [-0.4, -0.2) is 53.7 Å². The van der Waals surface area contributed by atoms with Crippen molar-refractivity contribution in [2.45, 2.75) is 57.5 Å². The van der Waals surface area contributed by atoms with Crippen LogP contribution in [0.5, 0.6) is 0 Å². The second-order valence-electron chi connectivity index (χ2n) is 11.0. The van der Waals surface area contributed by atoms with Crippen molar-refractivity contribution in [3.63, 3.8) is 0 Å². The quantitative estimate of drug-likeness (QED) is 0.192. The van der Waals surface area contributed by atoms with E-state index < -0.39 is 41.3 Å². The fraction of sp³-hybridized carbons (Fsp3) is 0.343. The number of hydrogen-bond acceptors (Lipinski definition) is 9. The summed E-state index contributed by atoms with van der Waals surface area (Å²) in [7, 11) is 2.68. The first-order valence-electron chi connectivity index (χ1n) is 14.9. The average molecular weight is 631 g/mol. The van der Waals surface area contributed by atoms with E-state index in [0.717, 1.165) is 21.3 Å². The third-order valence-electron chi connectivity index (χ3n) is 7.85. The van der Waals surface area contributed by atoms with E-state index in [0.29, 0.717) is 0 Å². The van der Waals surface area contributed by atoms with Crippen LogP contribution >= 0.6 is 0 Å². The number of carbonyl (C=O) groups excluding carboxylic acids is 1. The molecule has 0 radical (unpaired) electrons. The van der Waals surface area contributed by atoms with E-state index in [1.54, 1.807) is 6.92 Å². The summed E-state index contributed by atoms with van der Waals surface area (Å²) in [5.41, 5.74) is -0.162. The average Bonchev–Trinajstić information content (AvgIpc) is 3.41. The van der Waals surface area contributed by atoms with Crippen LogP contribution in [0.3, 0.4) is 0 Å². The first-order chi connectivity index (χ1) is 22.4. The van der Waals surface area contributed by atoms with Crippen LogP contribution in [0.25, 0.3) is 0 Å². The number of rotatable bonds is 14. The molecule has 0 aliphatic carbocycles. The maximum absolute atomic E-state index is 13.9. The summed E-state index contributed by atoms with van der Waals surface area (Å²) in [4.78, 5) is 40.7. The molecule has 2 heterocycles. The topological polar surface area (TPSA) is 116 Å². The Hall–Kier alpha value is -4.39. The Bertz CT molecular complexity index is 1690. The van der Waals surface area contributed by atoms with Crippen molar-refractivity contribution < 1.29 is 33.2 Å². The summed E-state index contributed by atoms with van der Waals surface area (Å²) in [6, 6.07) is 28.3. The molecular formula is C35H38N2O9. The van der Waals surface area contributed by atoms with Gasteiger partial charge in [-0.2, -0.15) is 0 Å². The van der Waals surface area contributed by atoms with Gasteiger partial charge in [-0.1, -0.05) is 91.0 Å². The number of ether oxygens (including phenoxy) is 6. The fourth-order valence-electron chi connectivity index (χ4n) is 5.50. The lowest BCUT2D eigenvalue weighted by Gasteiger charge is -2.32. The number of nitrogens with zero attached hydrogens (tertiary/aromatic N) is 2. The summed E-state index contributed by atoms with van der Waals surface area (Å²) < 4.78 is 38.1. The van der Waals surface area contributed by atoms with Gasteiger partial charge in [0.2, 0.25) is 5.60 Å². The minimum absolute atomic E-state index is 0.111. The molecule has 5 rings (SSSR count). The van der Waals surface area contributed by atoms with Crippen LogP contribution in [0.1, 0.15) is 28.5 Å². The van der Waals surface area contributed by atoms with Gasteiger partial charge in [-0.3, -0.25) is 9.36 Å². The maximum atomic E-state index is 13.9. The summed E-state index contributed by atoms with van der Waals surface area (Å²) in [5, 5.41) is 0. The second-order valence-corrected chi connectivity index (χ2v) is 11.0. The normalized spacial score (nSPS) is 20.9. The smallest absolute Gasteiger partial charge is 0.343 e. The molecule has 11 nitrogen and oxygen atoms in total. The zero-order valence-electron chi connectivity index (χ0n) is 26.1. The van der Waals surface area contributed by atoms with Crippen LogP contribution in [-0.2, 0) is 59.8 Å². The molecule has 4 aromatic rings. The Morgan fingerprint density at radius 3 is 1.89 bits per heavy atom. The molecule has 3 aromatic carbocycles. The molecule has 11 heteroatoms. The molecule has 1 saturated heterocycles. The van der Waals surface area contributed by atoms with E-state index in [1.165, 1.54) is 25.0 Å². The number of esters is 1. The molecule has 0 N–H and O–H groups in total. The number of methoxy groups -OCH3 is 2. The van der Waals surface area contributed by atoms with Gasteiger partial charge in [0.15, 0.2) is 6.23 Å². The van der Waals surface area contributed by atoms with Gasteiger partial charge >= 0.3 is 11.7 Å². The van der Waals surface area contributed by atoms with E-state index in [4.69, 9.17) is 28.4 Å². The van der Waals surface area contributed by atoms with E-state index in [-0.39, 0.29) is 38.7 Å². The van der Waals surface area contributed by atoms with Gasteiger partial charge in [-0.05, 0) is 23.6 Å². The maximum Gasteiger partial charge on any atom is 0.343 e. The number of aromatic nitrogens is 2. The first-order valence-corrected chi connectivity index (χ1v) is 14.9. The van der Waals surface area contributed by atoms with Crippen molar-refractivity contribution in [3.05, 3.63) is 140 Å². The first kappa shape index (κ1) is 33.0. The lowest BCUT2D eigenvalue weighted by molar-refractivity contribution is -0.197. The van der Waals surface area contributed by atoms with Crippen molar-refractivity contribution in [2.24, 2.45) is 0 Å². The molecule has 1 aliphatic rings. The largest absolute Gasteiger partial charge is 0.467 e. The van der Waals surface area contributed by atoms with Crippen LogP contribution in [0.2, 0.25) is 0 Å². The molecular weight excluding hydrogens is 592 g/mol. The summed E-state index contributed by atoms with van der Waals surface area (Å²) >= 11 is 0. The molecule has 242 valence electrons. The zero-order chi connectivity index (χ0) is 32.5. The Morgan fingerprint density at radius 2 is 1.35 bits per heavy atom. The summed E-state index contributed by atoms with van der Waals surface area (Å²) in [6.45, 7) is 1.51. The lowest BCUT2D eigenvalue weighted by atomic mass is 9.95. The molecule has 4 atom stereocenters. The molecule has 1 aromatic heterocycles. The highest BCUT2D eigenvalue weighted by molar-refractivity contribution is 5.81. The van der Waals surface area contributed by atoms with Gasteiger partial charge in [0, 0.05) is 18.9 Å². The molecule has 1 fully saturated rings. The highest BCUT2D eigenvalue weighted by atomic mass is 16.7. The van der Waals surface area contributed by atoms with Gasteiger partial charge in [0.05, 0.1) is 33.5 Å². The SMILES string of the molecule is COC(=O)[C@]1(COCc2ccccc2)O[C@@H](n2cc(C)c(=O)n(COCc3ccccc3)c2=O)[C@H](OC)[C@@H]1OCc1ccccc1. The lowest BCUT2D eigenvalue weighted by Crippen LogP contribution is -2.55. The van der Waals surface area contributed by atoms with Gasteiger partial charge in [-0.25, -0.2) is 14.2 Å². The van der Waals surface area contributed by atoms with Gasteiger partial charge in [0.25, 0.3) is 5.56 Å². The monoisotopic (exact) mass is 630 g/mol. The number of carbonyl (C=O) groups is 1. The number of hydrogen-bond donors (Lipinski definition) is 0. The van der Waals surface area contributed by atoms with Gasteiger partial charge < -0.3 is 28.4 Å². The van der Waals surface area contributed by atoms with Crippen molar-refractivity contribution in [2.75, 3.05) is 20.8 Å². The van der Waals surface area contributed by atoms with Crippen molar-refractivity contribution in [3.8, 4) is 0 Å². The molecule has 0 spiro atoms. The third-order valence-corrected chi connectivity index (χ3v) is 7.85. The molecule has 0 amide bonds. The Balaban J connectivity index is 1.50. The summed E-state index contributed by atoms with van der Waals surface area (Å²) in [6.07, 6.45) is -1.87. The molecule has 0 saturated carbocycles. The van der Waals surface area contributed by atoms with Gasteiger partial charge in [0.1, 0.15) is 18.9 Å². The van der Waals surface area contributed by atoms with E-state index in [9.17, 15) is 14.4 Å². The Kier molecular flexibility index (Phi) is 10.9. The number of benzene rings is 3. The van der Waals surface area contributed by atoms with Crippen molar-refractivity contribution in [1.29, 1.82) is 0 Å². The number of aryl methyl sites for hydroxylation is 1. The van der Waals surface area contributed by atoms with Crippen molar-refractivity contribution >= 4 is 5.97 Å². The molecule has 0 unspecified atom stereocenters. The standard InChI is InChI=1S/C35H38N2O9/c1-25-19-36(34(40)37(31(25)38)24-44-21-27-15-9-5-10-16-27)32-29(41-2)30(45-22-28-17-11-6-12-18-28)35(46-32,33(39)42-3)23-43-20-26-13-7-4-8-14-26/h4-19,29-30,32H,20-24H2,1-3H3/t29-,30+,32-,35-/m1/s1. The zero-order valence-corrected chi connectivity index (χ0v) is 26.1. The van der Waals surface area contributed by atoms with E-state index >= 15 is 0 Å². The van der Waals surface area contributed by atoms with E-state index in [1.807, 2.05) is 91.0 Å². The minimum atomic E-state index is -1.83. The fourth-order valence-corrected chi connectivity index (χ4v) is 5.50. The highest BCUT2D eigenvalue weighted by Crippen LogP contribution is 2.42. The molecule has 0 bridgehead atoms. The van der Waals surface area contributed by atoms with Gasteiger partial charge in [-0.15, -0.1) is 0 Å². The van der Waals surface area contributed by atoms with E-state index in [2.05, 4.69) is 0 Å². The molecule has 1 aliphatic heterocycles. The summed E-state index contributed by atoms with van der Waals surface area (Å²) in [5.74, 6) is -0.757. The predicted molar refractivity (Wildman–Crippen MR) is 168 cm³/mol. The van der Waals surface area contributed by atoms with Crippen molar-refractivity contribution in [1.82, 2.24) is 9.13 Å². The second kappa shape index (κ2) is 15.3. The van der Waals surface area contributed by atoms with Crippen LogP contribution in [0, 0.1) is 6.92 Å². The van der Waals surface area contributed by atoms with Crippen LogP contribution in [0.15, 0.2) is 107 Å². The minimum Gasteiger partial charge on any atom is -0.467 e. The Labute approximate surface area is 266 Å². The predicted octanol–water partition coefficient (Wildman–Crippen LogP) is 3.75. The van der Waals surface area contributed by atoms with Crippen LogP contribution < -0.4 is 11.2 Å². The van der Waals surface area contributed by atoms with Crippen LogP contribution in [0.4, 0.5) is 0 Å². The highest BCUT2D eigenvalue weighted by Gasteiger charge is 2.63. The molecule has 46 heavy (non-hydrogen) atoms. The Morgan fingerprint density at radius 1 is 0.804 bits per heavy atom. The third kappa shape index (κ3) is 7.19.